The molecule has 5 rings (SSSR count). The summed E-state index contributed by atoms with van der Waals surface area (Å²) in [5, 5.41) is 112. The van der Waals surface area contributed by atoms with Gasteiger partial charge in [-0.3, -0.25) is 0 Å². The maximum atomic E-state index is 10.7. The lowest BCUT2D eigenvalue weighted by Gasteiger charge is -2.43. The summed E-state index contributed by atoms with van der Waals surface area (Å²) in [5.74, 6) is -3.26. The number of hydrogen-bond donors (Lipinski definition) is 11. The summed E-state index contributed by atoms with van der Waals surface area (Å²) in [4.78, 5) is 0. The van der Waals surface area contributed by atoms with Crippen LogP contribution < -0.4 is 4.74 Å². The molecule has 16 heteroatoms. The first-order valence-electron chi connectivity index (χ1n) is 13.1. The van der Waals surface area contributed by atoms with E-state index in [-0.39, 0.29) is 28.4 Å². The number of aromatic hydroxyl groups is 5. The first-order chi connectivity index (χ1) is 20.3. The second kappa shape index (κ2) is 11.8. The molecule has 43 heavy (non-hydrogen) atoms. The SMILES string of the molecule is C[C@@H]1O[C@H](OC[C@@H]2O[C@@H](OC3=Cc4c(O)cc(O)cc4OC3c3cc(O)c(O)c(O)c3)[C@@H](O)[C@H](O)[C@@H]2O)[C@H](O)[C@@H](O)[C@@H]1O. The van der Waals surface area contributed by atoms with Crippen LogP contribution >= 0.6 is 0 Å². The average Bonchev–Trinajstić information content (AvgIpc) is 2.96. The highest BCUT2D eigenvalue weighted by atomic mass is 16.7. The van der Waals surface area contributed by atoms with Gasteiger partial charge in [0.25, 0.3) is 0 Å². The highest BCUT2D eigenvalue weighted by molar-refractivity contribution is 5.70. The van der Waals surface area contributed by atoms with Gasteiger partial charge >= 0.3 is 0 Å². The van der Waals surface area contributed by atoms with Crippen LogP contribution in [0.15, 0.2) is 30.0 Å². The summed E-state index contributed by atoms with van der Waals surface area (Å²) in [6, 6.07) is 4.28. The van der Waals surface area contributed by atoms with Gasteiger partial charge in [0.1, 0.15) is 65.7 Å². The molecule has 0 radical (unpaired) electrons. The van der Waals surface area contributed by atoms with Crippen molar-refractivity contribution >= 4 is 6.08 Å². The Hall–Kier alpha value is -3.58. The fraction of sp³-hybridized carbons (Fsp3) is 0.481. The van der Waals surface area contributed by atoms with Crippen LogP contribution in [0.5, 0.6) is 34.5 Å². The highest BCUT2D eigenvalue weighted by Crippen LogP contribution is 2.47. The Balaban J connectivity index is 1.41. The molecule has 236 valence electrons. The monoisotopic (exact) mass is 612 g/mol. The van der Waals surface area contributed by atoms with E-state index in [4.69, 9.17) is 23.7 Å². The standard InChI is InChI=1S/C27H32O16/c1-8-18(32)21(35)23(37)26(40-8)39-7-17-20(34)22(36)24(38)27(43-17)42-16-6-11-12(29)4-10(28)5-15(11)41-25(16)9-2-13(30)19(33)14(31)3-9/h2-6,8,17-18,20-38H,7H2,1H3/t8-,17-,18+,20+,21-,22+,23+,24-,25?,26-,27+/m0/s1. The van der Waals surface area contributed by atoms with Gasteiger partial charge in [-0.2, -0.15) is 0 Å². The number of aliphatic hydroxyl groups is 6. The predicted molar refractivity (Wildman–Crippen MR) is 139 cm³/mol. The van der Waals surface area contributed by atoms with Gasteiger partial charge in [-0.25, -0.2) is 0 Å². The van der Waals surface area contributed by atoms with Crippen LogP contribution in [0.1, 0.15) is 24.2 Å². The number of phenols is 5. The molecule has 2 aromatic carbocycles. The zero-order valence-electron chi connectivity index (χ0n) is 22.4. The second-order valence-corrected chi connectivity index (χ2v) is 10.5. The molecule has 0 saturated carbocycles. The van der Waals surface area contributed by atoms with Crippen molar-refractivity contribution in [1.82, 2.24) is 0 Å². The van der Waals surface area contributed by atoms with E-state index < -0.39 is 97.1 Å². The van der Waals surface area contributed by atoms with E-state index in [1.807, 2.05) is 0 Å². The van der Waals surface area contributed by atoms with E-state index in [0.29, 0.717) is 0 Å². The molecule has 0 spiro atoms. The molecule has 0 aliphatic carbocycles. The zero-order valence-corrected chi connectivity index (χ0v) is 22.4. The molecule has 0 amide bonds. The van der Waals surface area contributed by atoms with Crippen molar-refractivity contribution in [3.05, 3.63) is 41.2 Å². The zero-order chi connectivity index (χ0) is 31.3. The Morgan fingerprint density at radius 1 is 0.698 bits per heavy atom. The Morgan fingerprint density at radius 2 is 1.33 bits per heavy atom. The van der Waals surface area contributed by atoms with Gasteiger partial charge in [0.05, 0.1) is 18.3 Å². The molecular weight excluding hydrogens is 580 g/mol. The first kappa shape index (κ1) is 30.9. The normalized spacial score (nSPS) is 35.9. The summed E-state index contributed by atoms with van der Waals surface area (Å²) < 4.78 is 28.2. The van der Waals surface area contributed by atoms with Crippen molar-refractivity contribution in [3.8, 4) is 34.5 Å². The summed E-state index contributed by atoms with van der Waals surface area (Å²) in [6.07, 6.45) is -15.7. The van der Waals surface area contributed by atoms with Gasteiger partial charge in [0.2, 0.25) is 6.29 Å². The van der Waals surface area contributed by atoms with Crippen molar-refractivity contribution < 1.29 is 79.9 Å². The van der Waals surface area contributed by atoms with Gasteiger partial charge in [-0.15, -0.1) is 0 Å². The van der Waals surface area contributed by atoms with Crippen LogP contribution in [0.3, 0.4) is 0 Å². The molecule has 11 atom stereocenters. The molecule has 16 nitrogen and oxygen atoms in total. The second-order valence-electron chi connectivity index (χ2n) is 10.5. The van der Waals surface area contributed by atoms with Gasteiger partial charge in [0.15, 0.2) is 29.6 Å². The average molecular weight is 613 g/mol. The highest BCUT2D eigenvalue weighted by Gasteiger charge is 2.48. The number of fused-ring (bicyclic) bond motifs is 1. The number of aliphatic hydroxyl groups excluding tert-OH is 6. The van der Waals surface area contributed by atoms with Crippen LogP contribution in [0.2, 0.25) is 0 Å². The lowest BCUT2D eigenvalue weighted by atomic mass is 9.98. The fourth-order valence-electron chi connectivity index (χ4n) is 4.97. The predicted octanol–water partition coefficient (Wildman–Crippen LogP) is -1.64. The number of rotatable bonds is 6. The van der Waals surface area contributed by atoms with Crippen molar-refractivity contribution in [3.63, 3.8) is 0 Å². The largest absolute Gasteiger partial charge is 0.508 e. The van der Waals surface area contributed by atoms with Crippen LogP contribution in [-0.4, -0.2) is 124 Å². The van der Waals surface area contributed by atoms with Crippen molar-refractivity contribution in [2.45, 2.75) is 74.4 Å². The van der Waals surface area contributed by atoms with Gasteiger partial charge < -0.3 is 79.9 Å². The molecule has 2 saturated heterocycles. The third kappa shape index (κ3) is 5.84. The maximum Gasteiger partial charge on any atom is 0.228 e. The molecule has 0 aromatic heterocycles. The minimum atomic E-state index is -1.86. The van der Waals surface area contributed by atoms with Crippen molar-refractivity contribution in [2.75, 3.05) is 6.61 Å². The van der Waals surface area contributed by atoms with Crippen LogP contribution in [0.4, 0.5) is 0 Å². The van der Waals surface area contributed by atoms with E-state index in [1.54, 1.807) is 0 Å². The number of hydrogen-bond acceptors (Lipinski definition) is 16. The van der Waals surface area contributed by atoms with Crippen molar-refractivity contribution in [1.29, 1.82) is 0 Å². The molecule has 2 aromatic rings. The van der Waals surface area contributed by atoms with Gasteiger partial charge in [0, 0.05) is 17.7 Å². The third-order valence-electron chi connectivity index (χ3n) is 7.44. The Labute approximate surface area is 243 Å². The lowest BCUT2D eigenvalue weighted by Crippen LogP contribution is -2.61. The molecule has 3 aliphatic rings. The topological polar surface area (TPSA) is 269 Å². The lowest BCUT2D eigenvalue weighted by molar-refractivity contribution is -0.324. The molecule has 0 bridgehead atoms. The summed E-state index contributed by atoms with van der Waals surface area (Å²) >= 11 is 0. The van der Waals surface area contributed by atoms with Gasteiger partial charge in [-0.1, -0.05) is 0 Å². The Morgan fingerprint density at radius 3 is 2.00 bits per heavy atom. The minimum Gasteiger partial charge on any atom is -0.508 e. The number of phenolic OH excluding ortho intramolecular Hbond substituents is 5. The maximum absolute atomic E-state index is 10.7. The number of ether oxygens (including phenoxy) is 5. The van der Waals surface area contributed by atoms with E-state index in [9.17, 15) is 56.2 Å². The smallest absolute Gasteiger partial charge is 0.228 e. The van der Waals surface area contributed by atoms with Crippen LogP contribution in [0.25, 0.3) is 6.08 Å². The molecule has 11 N–H and O–H groups in total. The van der Waals surface area contributed by atoms with Crippen molar-refractivity contribution in [2.24, 2.45) is 0 Å². The Bertz CT molecular complexity index is 1340. The van der Waals surface area contributed by atoms with E-state index >= 15 is 0 Å². The Kier molecular flexibility index (Phi) is 8.50. The summed E-state index contributed by atoms with van der Waals surface area (Å²) in [5.41, 5.74) is 0.0388. The van der Waals surface area contributed by atoms with E-state index in [0.717, 1.165) is 18.2 Å². The van der Waals surface area contributed by atoms with Gasteiger partial charge in [-0.05, 0) is 25.1 Å². The molecule has 3 heterocycles. The number of benzene rings is 2. The third-order valence-corrected chi connectivity index (χ3v) is 7.44. The summed E-state index contributed by atoms with van der Waals surface area (Å²) in [7, 11) is 0. The van der Waals surface area contributed by atoms with Crippen LogP contribution in [0, 0.1) is 0 Å². The van der Waals surface area contributed by atoms with E-state index in [1.165, 1.54) is 19.1 Å². The quantitative estimate of drug-likeness (QED) is 0.163. The summed E-state index contributed by atoms with van der Waals surface area (Å²) in [6.45, 7) is 0.886. The molecule has 2 fully saturated rings. The minimum absolute atomic E-state index is 0.0107. The van der Waals surface area contributed by atoms with Crippen LogP contribution in [-0.2, 0) is 18.9 Å². The van der Waals surface area contributed by atoms with E-state index in [2.05, 4.69) is 0 Å². The molecular formula is C27H32O16. The molecule has 1 unspecified atom stereocenters. The molecule has 3 aliphatic heterocycles. The first-order valence-corrected chi connectivity index (χ1v) is 13.1. The fourth-order valence-corrected chi connectivity index (χ4v) is 4.97.